The molecule has 0 fully saturated rings. The molecular weight excluding hydrogens is 228 g/mol. The van der Waals surface area contributed by atoms with E-state index in [9.17, 15) is 0 Å². The number of H-pyrrole nitrogens is 1. The number of aromatic amines is 1. The fourth-order valence-electron chi connectivity index (χ4n) is 1.68. The molecule has 0 aliphatic carbocycles. The van der Waals surface area contributed by atoms with Crippen molar-refractivity contribution in [2.75, 3.05) is 5.73 Å². The van der Waals surface area contributed by atoms with Gasteiger partial charge in [0.15, 0.2) is 5.95 Å². The molecule has 0 saturated heterocycles. The Balaban J connectivity index is 2.90. The zero-order valence-electron chi connectivity index (χ0n) is 11.5. The molecule has 0 radical (unpaired) electrons. The highest BCUT2D eigenvalue weighted by atomic mass is 16.4. The third kappa shape index (κ3) is 2.91. The Morgan fingerprint density at radius 2 is 2.28 bits per heavy atom. The van der Waals surface area contributed by atoms with Gasteiger partial charge in [0.25, 0.3) is 0 Å². The van der Waals surface area contributed by atoms with Gasteiger partial charge < -0.3 is 15.9 Å². The predicted octanol–water partition coefficient (Wildman–Crippen LogP) is 1.09. The Hall–Kier alpha value is -1.78. The summed E-state index contributed by atoms with van der Waals surface area (Å²) < 4.78 is 0. The van der Waals surface area contributed by atoms with Crippen molar-refractivity contribution in [3.05, 3.63) is 10.7 Å². The number of rotatable bonds is 4. The standard InChI is InChI=1S/C13H22N4O/c1-8(13(4,5)10(3)17-18)6-7-11-9(2)15-12(14)16-11/h7-8,18H,2,6H2,1,3-5H3,(H3,14,15,16)/b11-7+,17-10-/t8-/m1/s1. The molecule has 0 aromatic carbocycles. The van der Waals surface area contributed by atoms with Crippen LogP contribution in [0.3, 0.4) is 0 Å². The number of nitrogens with two attached hydrogens (primary N) is 1. The van der Waals surface area contributed by atoms with Crippen molar-refractivity contribution in [1.29, 1.82) is 0 Å². The van der Waals surface area contributed by atoms with Gasteiger partial charge in [-0.3, -0.25) is 0 Å². The van der Waals surface area contributed by atoms with Gasteiger partial charge in [-0.1, -0.05) is 38.6 Å². The molecule has 1 aromatic rings. The minimum absolute atomic E-state index is 0.172. The Kier molecular flexibility index (Phi) is 4.16. The van der Waals surface area contributed by atoms with Crippen molar-refractivity contribution in [3.8, 4) is 0 Å². The maximum atomic E-state index is 8.89. The minimum Gasteiger partial charge on any atom is -0.411 e. The number of hydrogen-bond donors (Lipinski definition) is 3. The molecule has 0 aliphatic rings. The van der Waals surface area contributed by atoms with Gasteiger partial charge in [0.1, 0.15) is 0 Å². The summed E-state index contributed by atoms with van der Waals surface area (Å²) in [4.78, 5) is 7.02. The van der Waals surface area contributed by atoms with Crippen molar-refractivity contribution in [2.24, 2.45) is 16.5 Å². The van der Waals surface area contributed by atoms with Crippen molar-refractivity contribution in [2.45, 2.75) is 34.1 Å². The summed E-state index contributed by atoms with van der Waals surface area (Å²) in [7, 11) is 0. The normalized spacial score (nSPS) is 16.0. The Bertz CT molecular complexity index is 542. The quantitative estimate of drug-likeness (QED) is 0.424. The molecule has 1 rings (SSSR count). The summed E-state index contributed by atoms with van der Waals surface area (Å²) in [5.41, 5.74) is 6.11. The smallest absolute Gasteiger partial charge is 0.198 e. The monoisotopic (exact) mass is 250 g/mol. The maximum absolute atomic E-state index is 8.89. The van der Waals surface area contributed by atoms with E-state index in [4.69, 9.17) is 10.9 Å². The first-order valence-corrected chi connectivity index (χ1v) is 5.98. The molecule has 0 spiro atoms. The predicted molar refractivity (Wildman–Crippen MR) is 74.7 cm³/mol. The van der Waals surface area contributed by atoms with Crippen molar-refractivity contribution in [3.63, 3.8) is 0 Å². The molecular formula is C13H22N4O. The molecule has 0 saturated carbocycles. The molecule has 1 aromatic heterocycles. The Morgan fingerprint density at radius 1 is 1.67 bits per heavy atom. The van der Waals surface area contributed by atoms with Crippen LogP contribution < -0.4 is 16.4 Å². The van der Waals surface area contributed by atoms with E-state index < -0.39 is 0 Å². The highest BCUT2D eigenvalue weighted by Gasteiger charge is 2.28. The van der Waals surface area contributed by atoms with Crippen molar-refractivity contribution >= 4 is 24.3 Å². The zero-order valence-corrected chi connectivity index (χ0v) is 11.5. The van der Waals surface area contributed by atoms with E-state index in [0.29, 0.717) is 11.9 Å². The molecule has 18 heavy (non-hydrogen) atoms. The minimum atomic E-state index is -0.172. The van der Waals surface area contributed by atoms with Gasteiger partial charge in [-0.05, 0) is 19.3 Å². The first-order valence-electron chi connectivity index (χ1n) is 5.98. The average molecular weight is 250 g/mol. The van der Waals surface area contributed by atoms with E-state index in [2.05, 4.69) is 42.5 Å². The largest absolute Gasteiger partial charge is 0.411 e. The van der Waals surface area contributed by atoms with Gasteiger partial charge in [0, 0.05) is 5.41 Å². The lowest BCUT2D eigenvalue weighted by atomic mass is 9.75. The number of nitrogens with zero attached hydrogens (tertiary/aromatic N) is 2. The number of anilines is 1. The van der Waals surface area contributed by atoms with Crippen LogP contribution in [-0.4, -0.2) is 20.9 Å². The maximum Gasteiger partial charge on any atom is 0.198 e. The highest BCUT2D eigenvalue weighted by molar-refractivity contribution is 5.87. The molecule has 4 N–H and O–H groups in total. The summed E-state index contributed by atoms with van der Waals surface area (Å²) in [6, 6.07) is 0. The lowest BCUT2D eigenvalue weighted by Gasteiger charge is -2.30. The van der Waals surface area contributed by atoms with E-state index >= 15 is 0 Å². The van der Waals surface area contributed by atoms with Crippen LogP contribution in [0.15, 0.2) is 5.16 Å². The molecule has 1 atom stereocenters. The number of oxime groups is 1. The summed E-state index contributed by atoms with van der Waals surface area (Å²) in [5, 5.41) is 13.7. The van der Waals surface area contributed by atoms with Crippen LogP contribution in [0.25, 0.3) is 12.7 Å². The lowest BCUT2D eigenvalue weighted by molar-refractivity contribution is 0.287. The summed E-state index contributed by atoms with van der Waals surface area (Å²) in [5.74, 6) is 0.692. The molecule has 0 bridgehead atoms. The molecule has 5 heteroatoms. The van der Waals surface area contributed by atoms with Crippen LogP contribution in [0.1, 0.15) is 34.1 Å². The van der Waals surface area contributed by atoms with Crippen LogP contribution in [0, 0.1) is 11.3 Å². The van der Waals surface area contributed by atoms with E-state index in [1.807, 2.05) is 13.0 Å². The van der Waals surface area contributed by atoms with Gasteiger partial charge >= 0.3 is 0 Å². The molecule has 0 amide bonds. The number of aromatic nitrogens is 2. The number of nitrogens with one attached hydrogen (secondary N) is 1. The molecule has 5 nitrogen and oxygen atoms in total. The topological polar surface area (TPSA) is 87.3 Å². The molecule has 100 valence electrons. The third-order valence-electron chi connectivity index (χ3n) is 3.81. The summed E-state index contributed by atoms with van der Waals surface area (Å²) >= 11 is 0. The van der Waals surface area contributed by atoms with Crippen LogP contribution in [0.5, 0.6) is 0 Å². The average Bonchev–Trinajstić information content (AvgIpc) is 2.63. The second-order valence-electron chi connectivity index (χ2n) is 5.23. The first-order chi connectivity index (χ1) is 8.28. The van der Waals surface area contributed by atoms with E-state index in [1.165, 1.54) is 0 Å². The fraction of sp³-hybridized carbons (Fsp3) is 0.538. The SMILES string of the molecule is C=c1[nH]c(N)n/c1=C/C[C@@H](C)C(C)(C)/C(C)=N\O. The van der Waals surface area contributed by atoms with E-state index in [0.717, 1.165) is 22.8 Å². The Morgan fingerprint density at radius 3 is 2.72 bits per heavy atom. The second-order valence-corrected chi connectivity index (χ2v) is 5.23. The number of imidazole rings is 1. The van der Waals surface area contributed by atoms with Crippen molar-refractivity contribution in [1.82, 2.24) is 9.97 Å². The van der Waals surface area contributed by atoms with Gasteiger partial charge in [-0.15, -0.1) is 0 Å². The van der Waals surface area contributed by atoms with Crippen LogP contribution in [-0.2, 0) is 0 Å². The van der Waals surface area contributed by atoms with Gasteiger partial charge in [-0.2, -0.15) is 0 Å². The molecule has 1 heterocycles. The highest BCUT2D eigenvalue weighted by Crippen LogP contribution is 2.31. The fourth-order valence-corrected chi connectivity index (χ4v) is 1.68. The summed E-state index contributed by atoms with van der Waals surface area (Å²) in [6.45, 7) is 11.9. The van der Waals surface area contributed by atoms with Gasteiger partial charge in [-0.25, -0.2) is 4.98 Å². The third-order valence-corrected chi connectivity index (χ3v) is 3.81. The second kappa shape index (κ2) is 5.25. The van der Waals surface area contributed by atoms with Gasteiger partial charge in [0.05, 0.1) is 16.4 Å². The lowest BCUT2D eigenvalue weighted by Crippen LogP contribution is -2.30. The van der Waals surface area contributed by atoms with Crippen LogP contribution >= 0.6 is 0 Å². The van der Waals surface area contributed by atoms with E-state index in [1.54, 1.807) is 0 Å². The zero-order chi connectivity index (χ0) is 13.9. The summed E-state index contributed by atoms with van der Waals surface area (Å²) in [6.07, 6.45) is 2.82. The van der Waals surface area contributed by atoms with Gasteiger partial charge in [0.2, 0.25) is 0 Å². The molecule has 0 aliphatic heterocycles. The molecule has 0 unspecified atom stereocenters. The van der Waals surface area contributed by atoms with Crippen molar-refractivity contribution < 1.29 is 5.21 Å². The van der Waals surface area contributed by atoms with E-state index in [-0.39, 0.29) is 5.41 Å². The Labute approximate surface area is 107 Å². The number of nitrogen functional groups attached to an aromatic ring is 1. The first kappa shape index (κ1) is 14.3. The van der Waals surface area contributed by atoms with Crippen LogP contribution in [0.2, 0.25) is 0 Å². The van der Waals surface area contributed by atoms with Crippen LogP contribution in [0.4, 0.5) is 5.95 Å². The number of hydrogen-bond acceptors (Lipinski definition) is 4.